The van der Waals surface area contributed by atoms with Crippen molar-refractivity contribution in [2.75, 3.05) is 0 Å². The van der Waals surface area contributed by atoms with Crippen molar-refractivity contribution in [1.82, 2.24) is 4.98 Å². The number of nitrogens with zero attached hydrogens (tertiary/aromatic N) is 2. The van der Waals surface area contributed by atoms with Crippen LogP contribution in [0, 0.1) is 17.1 Å². The van der Waals surface area contributed by atoms with Crippen LogP contribution in [-0.4, -0.2) is 4.98 Å². The lowest BCUT2D eigenvalue weighted by molar-refractivity contribution is 0.489. The molecule has 98 valence electrons. The van der Waals surface area contributed by atoms with Gasteiger partial charge in [0.2, 0.25) is 0 Å². The van der Waals surface area contributed by atoms with Gasteiger partial charge in [-0.3, -0.25) is 0 Å². The van der Waals surface area contributed by atoms with Gasteiger partial charge in [-0.2, -0.15) is 5.26 Å². The average Bonchev–Trinajstić information content (AvgIpc) is 2.89. The van der Waals surface area contributed by atoms with E-state index in [1.54, 1.807) is 6.07 Å². The molecule has 0 bridgehead atoms. The summed E-state index contributed by atoms with van der Waals surface area (Å²) in [6.07, 6.45) is 0. The van der Waals surface area contributed by atoms with Gasteiger partial charge in [0.05, 0.1) is 11.6 Å². The molecule has 0 saturated carbocycles. The van der Waals surface area contributed by atoms with E-state index in [4.69, 9.17) is 9.68 Å². The fourth-order valence-corrected chi connectivity index (χ4v) is 2.62. The highest BCUT2D eigenvalue weighted by Crippen LogP contribution is 2.27. The van der Waals surface area contributed by atoms with Crippen molar-refractivity contribution in [3.8, 4) is 6.07 Å². The number of nitriles is 1. The van der Waals surface area contributed by atoms with E-state index in [1.165, 1.54) is 23.9 Å². The van der Waals surface area contributed by atoms with Gasteiger partial charge < -0.3 is 4.42 Å². The average molecular weight is 284 g/mol. The van der Waals surface area contributed by atoms with Crippen molar-refractivity contribution in [3.05, 3.63) is 59.4 Å². The highest BCUT2D eigenvalue weighted by molar-refractivity contribution is 7.98. The second-order valence-electron chi connectivity index (χ2n) is 4.15. The van der Waals surface area contributed by atoms with Crippen molar-refractivity contribution < 1.29 is 8.81 Å². The lowest BCUT2D eigenvalue weighted by atomic mass is 10.1. The molecule has 2 aromatic carbocycles. The van der Waals surface area contributed by atoms with Crippen LogP contribution in [0.15, 0.2) is 52.1 Å². The molecule has 1 aromatic heterocycles. The van der Waals surface area contributed by atoms with E-state index in [0.717, 1.165) is 5.52 Å². The summed E-state index contributed by atoms with van der Waals surface area (Å²) in [6.45, 7) is 0. The van der Waals surface area contributed by atoms with Crippen molar-refractivity contribution in [2.45, 2.75) is 11.0 Å². The van der Waals surface area contributed by atoms with Crippen molar-refractivity contribution in [3.63, 3.8) is 0 Å². The maximum Gasteiger partial charge on any atom is 0.257 e. The normalized spacial score (nSPS) is 10.6. The van der Waals surface area contributed by atoms with Gasteiger partial charge >= 0.3 is 0 Å². The quantitative estimate of drug-likeness (QED) is 0.678. The van der Waals surface area contributed by atoms with E-state index in [1.807, 2.05) is 30.3 Å². The number of hydrogen-bond acceptors (Lipinski definition) is 4. The number of thioether (sulfide) groups is 1. The van der Waals surface area contributed by atoms with E-state index in [9.17, 15) is 4.39 Å². The minimum Gasteiger partial charge on any atom is -0.431 e. The van der Waals surface area contributed by atoms with E-state index in [2.05, 4.69) is 4.98 Å². The van der Waals surface area contributed by atoms with Gasteiger partial charge in [0, 0.05) is 5.75 Å². The first-order valence-corrected chi connectivity index (χ1v) is 6.92. The van der Waals surface area contributed by atoms with Gasteiger partial charge in [0.1, 0.15) is 11.3 Å². The molecule has 1 heterocycles. The van der Waals surface area contributed by atoms with Crippen molar-refractivity contribution >= 4 is 22.9 Å². The molecule has 0 spiro atoms. The number of oxazole rings is 1. The van der Waals surface area contributed by atoms with Crippen LogP contribution < -0.4 is 0 Å². The van der Waals surface area contributed by atoms with Crippen LogP contribution in [0.25, 0.3) is 11.1 Å². The monoisotopic (exact) mass is 284 g/mol. The summed E-state index contributed by atoms with van der Waals surface area (Å²) in [6, 6.07) is 13.8. The molecule has 0 fully saturated rings. The first-order chi connectivity index (χ1) is 9.76. The maximum absolute atomic E-state index is 13.6. The Balaban J connectivity index is 1.81. The predicted octanol–water partition coefficient (Wildman–Crippen LogP) is 4.13. The molecule has 0 aliphatic rings. The van der Waals surface area contributed by atoms with Gasteiger partial charge in [-0.15, -0.1) is 0 Å². The van der Waals surface area contributed by atoms with Crippen LogP contribution in [0.4, 0.5) is 4.39 Å². The smallest absolute Gasteiger partial charge is 0.257 e. The van der Waals surface area contributed by atoms with Crippen molar-refractivity contribution in [1.29, 1.82) is 5.26 Å². The second-order valence-corrected chi connectivity index (χ2v) is 5.08. The molecular formula is C15H9FN2OS. The van der Waals surface area contributed by atoms with Gasteiger partial charge in [-0.1, -0.05) is 23.9 Å². The lowest BCUT2D eigenvalue weighted by Crippen LogP contribution is -1.89. The SMILES string of the molecule is N#Cc1ccc(F)c(CSc2nc3ccccc3o2)c1. The molecule has 0 amide bonds. The van der Waals surface area contributed by atoms with Crippen LogP contribution in [0.5, 0.6) is 0 Å². The van der Waals surface area contributed by atoms with Gasteiger partial charge in [0.25, 0.3) is 5.22 Å². The Kier molecular flexibility index (Phi) is 3.40. The Bertz CT molecular complexity index is 774. The summed E-state index contributed by atoms with van der Waals surface area (Å²) in [5, 5.41) is 9.32. The summed E-state index contributed by atoms with van der Waals surface area (Å²) < 4.78 is 19.2. The first-order valence-electron chi connectivity index (χ1n) is 5.93. The zero-order valence-electron chi connectivity index (χ0n) is 10.3. The number of hydrogen-bond donors (Lipinski definition) is 0. The zero-order chi connectivity index (χ0) is 13.9. The van der Waals surface area contributed by atoms with Crippen LogP contribution in [0.1, 0.15) is 11.1 Å². The number of halogens is 1. The minimum atomic E-state index is -0.326. The Morgan fingerprint density at radius 1 is 1.25 bits per heavy atom. The molecule has 20 heavy (non-hydrogen) atoms. The van der Waals surface area contributed by atoms with E-state index in [0.29, 0.717) is 27.7 Å². The summed E-state index contributed by atoms with van der Waals surface area (Å²) >= 11 is 1.31. The third-order valence-electron chi connectivity index (χ3n) is 2.80. The number of benzene rings is 2. The Morgan fingerprint density at radius 2 is 2.10 bits per heavy atom. The largest absolute Gasteiger partial charge is 0.431 e. The standard InChI is InChI=1S/C15H9FN2OS/c16-12-6-5-10(8-17)7-11(12)9-20-15-18-13-3-1-2-4-14(13)19-15/h1-7H,9H2. The molecule has 3 rings (SSSR count). The first kappa shape index (κ1) is 12.7. The fraction of sp³-hybridized carbons (Fsp3) is 0.0667. The molecule has 0 radical (unpaired) electrons. The summed E-state index contributed by atoms with van der Waals surface area (Å²) in [5.74, 6) is 0.0429. The van der Waals surface area contributed by atoms with Crippen LogP contribution >= 0.6 is 11.8 Å². The maximum atomic E-state index is 13.6. The molecule has 0 aliphatic heterocycles. The van der Waals surface area contributed by atoms with E-state index >= 15 is 0 Å². The van der Waals surface area contributed by atoms with Gasteiger partial charge in [0.15, 0.2) is 5.58 Å². The molecular weight excluding hydrogens is 275 g/mol. The number of para-hydroxylation sites is 2. The van der Waals surface area contributed by atoms with Crippen LogP contribution in [0.2, 0.25) is 0 Å². The number of rotatable bonds is 3. The summed E-state index contributed by atoms with van der Waals surface area (Å²) in [4.78, 5) is 4.31. The number of aromatic nitrogens is 1. The fourth-order valence-electron chi connectivity index (χ4n) is 1.81. The molecule has 3 nitrogen and oxygen atoms in total. The molecule has 3 aromatic rings. The third-order valence-corrected chi connectivity index (χ3v) is 3.68. The Hall–Kier alpha value is -2.32. The second kappa shape index (κ2) is 5.35. The highest BCUT2D eigenvalue weighted by atomic mass is 32.2. The minimum absolute atomic E-state index is 0.326. The van der Waals surface area contributed by atoms with E-state index < -0.39 is 0 Å². The number of fused-ring (bicyclic) bond motifs is 1. The molecule has 0 atom stereocenters. The third kappa shape index (κ3) is 2.51. The van der Waals surface area contributed by atoms with Gasteiger partial charge in [-0.05, 0) is 35.9 Å². The predicted molar refractivity (Wildman–Crippen MR) is 74.7 cm³/mol. The van der Waals surface area contributed by atoms with E-state index in [-0.39, 0.29) is 5.82 Å². The molecule has 0 aliphatic carbocycles. The van der Waals surface area contributed by atoms with Crippen LogP contribution in [-0.2, 0) is 5.75 Å². The zero-order valence-corrected chi connectivity index (χ0v) is 11.2. The molecule has 0 N–H and O–H groups in total. The Labute approximate surface area is 119 Å². The summed E-state index contributed by atoms with van der Waals surface area (Å²) in [7, 11) is 0. The van der Waals surface area contributed by atoms with Crippen LogP contribution in [0.3, 0.4) is 0 Å². The Morgan fingerprint density at radius 3 is 2.90 bits per heavy atom. The summed E-state index contributed by atoms with van der Waals surface area (Å²) in [5.41, 5.74) is 2.40. The lowest BCUT2D eigenvalue weighted by Gasteiger charge is -2.01. The molecule has 0 unspecified atom stereocenters. The molecule has 5 heteroatoms. The topological polar surface area (TPSA) is 49.8 Å². The molecule has 0 saturated heterocycles. The van der Waals surface area contributed by atoms with Gasteiger partial charge in [-0.25, -0.2) is 9.37 Å². The highest BCUT2D eigenvalue weighted by Gasteiger charge is 2.09. The van der Waals surface area contributed by atoms with Crippen molar-refractivity contribution in [2.24, 2.45) is 0 Å².